The van der Waals surface area contributed by atoms with Gasteiger partial charge in [0.05, 0.1) is 5.60 Å². The predicted molar refractivity (Wildman–Crippen MR) is 91.3 cm³/mol. The first-order valence-corrected chi connectivity index (χ1v) is 7.92. The number of pyridine rings is 1. The van der Waals surface area contributed by atoms with Crippen LogP contribution in [0.25, 0.3) is 0 Å². The summed E-state index contributed by atoms with van der Waals surface area (Å²) in [6.45, 7) is 4.17. The lowest BCUT2D eigenvalue weighted by molar-refractivity contribution is 0.0714. The van der Waals surface area contributed by atoms with E-state index in [9.17, 15) is 9.90 Å². The Bertz CT molecular complexity index is 633. The Kier molecular flexibility index (Phi) is 5.88. The number of aryl methyl sites for hydroxylation is 1. The Balaban J connectivity index is 1.87. The highest BCUT2D eigenvalue weighted by Gasteiger charge is 2.13. The van der Waals surface area contributed by atoms with Crippen LogP contribution in [0.2, 0.25) is 0 Å². The summed E-state index contributed by atoms with van der Waals surface area (Å²) in [5, 5.41) is 12.7. The summed E-state index contributed by atoms with van der Waals surface area (Å²) >= 11 is 0. The highest BCUT2D eigenvalue weighted by atomic mass is 16.3. The molecule has 0 aliphatic rings. The zero-order valence-corrected chi connectivity index (χ0v) is 13.7. The number of amides is 1. The molecule has 0 aliphatic carbocycles. The molecule has 122 valence electrons. The summed E-state index contributed by atoms with van der Waals surface area (Å²) in [7, 11) is 0. The van der Waals surface area contributed by atoms with Crippen molar-refractivity contribution in [3.8, 4) is 0 Å². The first-order chi connectivity index (χ1) is 10.9. The van der Waals surface area contributed by atoms with E-state index >= 15 is 0 Å². The Hall–Kier alpha value is -2.20. The molecule has 1 amide bonds. The van der Waals surface area contributed by atoms with Gasteiger partial charge in [-0.1, -0.05) is 18.2 Å². The zero-order chi connectivity index (χ0) is 16.7. The van der Waals surface area contributed by atoms with Crippen molar-refractivity contribution >= 4 is 5.91 Å². The lowest BCUT2D eigenvalue weighted by Crippen LogP contribution is -2.25. The fraction of sp³-hybridized carbons (Fsp3) is 0.368. The number of benzene rings is 1. The van der Waals surface area contributed by atoms with E-state index in [1.54, 1.807) is 20.0 Å². The molecule has 2 N–H and O–H groups in total. The Morgan fingerprint density at radius 1 is 1.17 bits per heavy atom. The molecule has 1 heterocycles. The number of rotatable bonds is 7. The molecule has 0 saturated heterocycles. The second-order valence-corrected chi connectivity index (χ2v) is 6.38. The van der Waals surface area contributed by atoms with Crippen LogP contribution in [0.4, 0.5) is 0 Å². The third kappa shape index (κ3) is 6.20. The first-order valence-electron chi connectivity index (χ1n) is 7.92. The van der Waals surface area contributed by atoms with Gasteiger partial charge in [0, 0.05) is 24.5 Å². The molecule has 4 heteroatoms. The molecular weight excluding hydrogens is 288 g/mol. The molecule has 1 aromatic heterocycles. The van der Waals surface area contributed by atoms with Crippen LogP contribution < -0.4 is 5.32 Å². The van der Waals surface area contributed by atoms with Crippen LogP contribution in [0.15, 0.2) is 48.8 Å². The van der Waals surface area contributed by atoms with Gasteiger partial charge in [0.15, 0.2) is 0 Å². The number of aliphatic hydroxyl groups is 1. The van der Waals surface area contributed by atoms with Crippen LogP contribution in [-0.4, -0.2) is 28.1 Å². The molecule has 0 atom stereocenters. The molecule has 0 bridgehead atoms. The molecule has 0 radical (unpaired) electrons. The van der Waals surface area contributed by atoms with Gasteiger partial charge in [-0.25, -0.2) is 0 Å². The summed E-state index contributed by atoms with van der Waals surface area (Å²) in [4.78, 5) is 16.3. The third-order valence-electron chi connectivity index (χ3n) is 3.64. The van der Waals surface area contributed by atoms with Crippen LogP contribution in [0.3, 0.4) is 0 Å². The van der Waals surface area contributed by atoms with Crippen LogP contribution in [0.1, 0.15) is 41.8 Å². The van der Waals surface area contributed by atoms with Gasteiger partial charge < -0.3 is 10.4 Å². The lowest BCUT2D eigenvalue weighted by atomic mass is 9.98. The maximum absolute atomic E-state index is 12.2. The van der Waals surface area contributed by atoms with Crippen molar-refractivity contribution in [1.29, 1.82) is 0 Å². The standard InChI is InChI=1S/C19H24N2O2/c1-19(2,23)10-8-15-5-3-7-17(13-15)18(22)21-12-9-16-6-4-11-20-14-16/h3-7,11,13-14,23H,8-10,12H2,1-2H3,(H,21,22). The van der Waals surface area contributed by atoms with Gasteiger partial charge in [-0.05, 0) is 62.4 Å². The van der Waals surface area contributed by atoms with Gasteiger partial charge in [0.1, 0.15) is 0 Å². The van der Waals surface area contributed by atoms with E-state index in [-0.39, 0.29) is 5.91 Å². The van der Waals surface area contributed by atoms with Crippen LogP contribution in [0, 0.1) is 0 Å². The number of hydrogen-bond donors (Lipinski definition) is 2. The lowest BCUT2D eigenvalue weighted by Gasteiger charge is -2.16. The molecule has 23 heavy (non-hydrogen) atoms. The number of aromatic nitrogens is 1. The van der Waals surface area contributed by atoms with Gasteiger partial charge in [0.2, 0.25) is 0 Å². The first kappa shape index (κ1) is 17.2. The van der Waals surface area contributed by atoms with Crippen molar-refractivity contribution in [1.82, 2.24) is 10.3 Å². The van der Waals surface area contributed by atoms with Crippen molar-refractivity contribution in [2.24, 2.45) is 0 Å². The Morgan fingerprint density at radius 2 is 1.96 bits per heavy atom. The SMILES string of the molecule is CC(C)(O)CCc1cccc(C(=O)NCCc2cccnc2)c1. The molecule has 0 unspecified atom stereocenters. The topological polar surface area (TPSA) is 62.2 Å². The minimum Gasteiger partial charge on any atom is -0.390 e. The smallest absolute Gasteiger partial charge is 0.251 e. The van der Waals surface area contributed by atoms with Gasteiger partial charge >= 0.3 is 0 Å². The highest BCUT2D eigenvalue weighted by molar-refractivity contribution is 5.94. The summed E-state index contributed by atoms with van der Waals surface area (Å²) in [5.74, 6) is -0.0704. The van der Waals surface area contributed by atoms with Gasteiger partial charge in [-0.15, -0.1) is 0 Å². The molecule has 4 nitrogen and oxygen atoms in total. The average Bonchev–Trinajstić information content (AvgIpc) is 2.53. The van der Waals surface area contributed by atoms with Gasteiger partial charge in [-0.3, -0.25) is 9.78 Å². The van der Waals surface area contributed by atoms with Crippen LogP contribution >= 0.6 is 0 Å². The molecular formula is C19H24N2O2. The van der Waals surface area contributed by atoms with E-state index in [0.29, 0.717) is 18.5 Å². The minimum atomic E-state index is -0.692. The molecule has 2 aromatic rings. The summed E-state index contributed by atoms with van der Waals surface area (Å²) < 4.78 is 0. The number of carbonyl (C=O) groups is 1. The highest BCUT2D eigenvalue weighted by Crippen LogP contribution is 2.14. The second kappa shape index (κ2) is 7.88. The van der Waals surface area contributed by atoms with Crippen molar-refractivity contribution < 1.29 is 9.90 Å². The van der Waals surface area contributed by atoms with Crippen LogP contribution in [-0.2, 0) is 12.8 Å². The fourth-order valence-electron chi connectivity index (χ4n) is 2.29. The monoisotopic (exact) mass is 312 g/mol. The van der Waals surface area contributed by atoms with E-state index in [2.05, 4.69) is 10.3 Å². The number of nitrogens with zero attached hydrogens (tertiary/aromatic N) is 1. The number of carbonyl (C=O) groups excluding carboxylic acids is 1. The molecule has 2 rings (SSSR count). The minimum absolute atomic E-state index is 0.0704. The normalized spacial score (nSPS) is 11.3. The van der Waals surface area contributed by atoms with E-state index in [4.69, 9.17) is 0 Å². The largest absolute Gasteiger partial charge is 0.390 e. The van der Waals surface area contributed by atoms with Crippen molar-refractivity contribution in [2.75, 3.05) is 6.54 Å². The van der Waals surface area contributed by atoms with Crippen LogP contribution in [0.5, 0.6) is 0 Å². The van der Waals surface area contributed by atoms with Gasteiger partial charge in [0.25, 0.3) is 5.91 Å². The van der Waals surface area contributed by atoms with E-state index in [0.717, 1.165) is 24.0 Å². The van der Waals surface area contributed by atoms with Crippen molar-refractivity contribution in [3.05, 3.63) is 65.5 Å². The molecule has 0 fully saturated rings. The number of hydrogen-bond acceptors (Lipinski definition) is 3. The third-order valence-corrected chi connectivity index (χ3v) is 3.64. The molecule has 0 spiro atoms. The van der Waals surface area contributed by atoms with Gasteiger partial charge in [-0.2, -0.15) is 0 Å². The molecule has 1 aromatic carbocycles. The average molecular weight is 312 g/mol. The maximum atomic E-state index is 12.2. The summed E-state index contributed by atoms with van der Waals surface area (Å²) in [6.07, 6.45) is 5.72. The second-order valence-electron chi connectivity index (χ2n) is 6.38. The van der Waals surface area contributed by atoms with Crippen molar-refractivity contribution in [3.63, 3.8) is 0 Å². The fourth-order valence-corrected chi connectivity index (χ4v) is 2.29. The molecule has 0 aliphatic heterocycles. The van der Waals surface area contributed by atoms with Crippen molar-refractivity contribution in [2.45, 2.75) is 38.7 Å². The summed E-state index contributed by atoms with van der Waals surface area (Å²) in [6, 6.07) is 11.5. The Labute approximate surface area is 137 Å². The maximum Gasteiger partial charge on any atom is 0.251 e. The molecule has 0 saturated carbocycles. The predicted octanol–water partition coefficient (Wildman–Crippen LogP) is 2.76. The number of nitrogens with one attached hydrogen (secondary N) is 1. The summed E-state index contributed by atoms with van der Waals surface area (Å²) in [5.41, 5.74) is 2.13. The Morgan fingerprint density at radius 3 is 2.65 bits per heavy atom. The van der Waals surface area contributed by atoms with E-state index < -0.39 is 5.60 Å². The van der Waals surface area contributed by atoms with E-state index in [1.165, 1.54) is 0 Å². The van der Waals surface area contributed by atoms with E-state index in [1.807, 2.05) is 42.6 Å². The quantitative estimate of drug-likeness (QED) is 0.826. The zero-order valence-electron chi connectivity index (χ0n) is 13.7.